The molecule has 0 amide bonds. The van der Waals surface area contributed by atoms with Crippen LogP contribution in [0, 0.1) is 0 Å². The van der Waals surface area contributed by atoms with E-state index in [4.69, 9.17) is 10.5 Å². The predicted octanol–water partition coefficient (Wildman–Crippen LogP) is 3.25. The summed E-state index contributed by atoms with van der Waals surface area (Å²) < 4.78 is 8.10. The summed E-state index contributed by atoms with van der Waals surface area (Å²) >= 11 is 1.60. The lowest BCUT2D eigenvalue weighted by molar-refractivity contribution is 0.454. The number of aromatic nitrogens is 2. The molecular formula is C15H17N3OS. The quantitative estimate of drug-likeness (QED) is 0.783. The number of aryl methyl sites for hydroxylation is 1. The van der Waals surface area contributed by atoms with Gasteiger partial charge in [0.15, 0.2) is 4.96 Å². The third-order valence-corrected chi connectivity index (χ3v) is 4.02. The first kappa shape index (κ1) is 13.1. The molecule has 0 atom stereocenters. The van der Waals surface area contributed by atoms with Gasteiger partial charge >= 0.3 is 0 Å². The predicted molar refractivity (Wildman–Crippen MR) is 81.7 cm³/mol. The number of nitrogens with zero attached hydrogens (tertiary/aromatic N) is 2. The molecule has 0 bridgehead atoms. The lowest BCUT2D eigenvalue weighted by Crippen LogP contribution is -2.06. The largest absolute Gasteiger partial charge is 0.437 e. The van der Waals surface area contributed by atoms with Crippen LogP contribution in [0.2, 0.25) is 0 Å². The van der Waals surface area contributed by atoms with E-state index in [0.29, 0.717) is 12.4 Å². The Kier molecular flexibility index (Phi) is 3.71. The molecule has 0 aliphatic heterocycles. The molecule has 5 heteroatoms. The number of rotatable bonds is 5. The van der Waals surface area contributed by atoms with Crippen molar-refractivity contribution in [2.75, 3.05) is 6.54 Å². The number of nitrogens with two attached hydrogens (primary N) is 1. The number of thiazole rings is 1. The van der Waals surface area contributed by atoms with Crippen molar-refractivity contribution in [3.63, 3.8) is 0 Å². The fourth-order valence-electron chi connectivity index (χ4n) is 2.26. The maximum absolute atomic E-state index is 6.05. The van der Waals surface area contributed by atoms with Crippen LogP contribution in [0.5, 0.6) is 11.6 Å². The number of hydrogen-bond acceptors (Lipinski definition) is 4. The number of para-hydroxylation sites is 1. The highest BCUT2D eigenvalue weighted by molar-refractivity contribution is 7.15. The molecule has 0 radical (unpaired) electrons. The maximum atomic E-state index is 6.05. The third-order valence-electron chi connectivity index (χ3n) is 3.27. The lowest BCUT2D eigenvalue weighted by Gasteiger charge is -2.09. The monoisotopic (exact) mass is 287 g/mol. The highest BCUT2D eigenvalue weighted by Gasteiger charge is 2.15. The number of imidazole rings is 1. The van der Waals surface area contributed by atoms with E-state index < -0.39 is 0 Å². The minimum Gasteiger partial charge on any atom is -0.437 e. The summed E-state index contributed by atoms with van der Waals surface area (Å²) in [5.41, 5.74) is 7.92. The second-order valence-electron chi connectivity index (χ2n) is 4.52. The Morgan fingerprint density at radius 2 is 2.20 bits per heavy atom. The summed E-state index contributed by atoms with van der Waals surface area (Å²) in [4.78, 5) is 5.51. The van der Waals surface area contributed by atoms with E-state index >= 15 is 0 Å². The zero-order chi connectivity index (χ0) is 13.9. The van der Waals surface area contributed by atoms with E-state index in [1.807, 2.05) is 29.8 Å². The van der Waals surface area contributed by atoms with Crippen molar-refractivity contribution in [3.05, 3.63) is 47.1 Å². The second kappa shape index (κ2) is 5.64. The molecule has 2 heterocycles. The van der Waals surface area contributed by atoms with Gasteiger partial charge in [0.25, 0.3) is 0 Å². The van der Waals surface area contributed by atoms with Gasteiger partial charge in [0.05, 0.1) is 5.69 Å². The molecule has 0 aliphatic rings. The summed E-state index contributed by atoms with van der Waals surface area (Å²) in [6.45, 7) is 2.70. The Hall–Kier alpha value is -1.85. The molecule has 0 aliphatic carbocycles. The van der Waals surface area contributed by atoms with Crippen LogP contribution in [0.4, 0.5) is 0 Å². The average molecular weight is 287 g/mol. The van der Waals surface area contributed by atoms with Gasteiger partial charge in [0.1, 0.15) is 5.75 Å². The molecule has 1 aromatic carbocycles. The molecule has 20 heavy (non-hydrogen) atoms. The summed E-state index contributed by atoms with van der Waals surface area (Å²) in [6, 6.07) is 8.07. The molecule has 2 N–H and O–H groups in total. The van der Waals surface area contributed by atoms with Gasteiger partial charge in [0, 0.05) is 18.0 Å². The van der Waals surface area contributed by atoms with Gasteiger partial charge < -0.3 is 10.5 Å². The Bertz CT molecular complexity index is 717. The zero-order valence-electron chi connectivity index (χ0n) is 11.4. The number of hydrogen-bond donors (Lipinski definition) is 1. The summed E-state index contributed by atoms with van der Waals surface area (Å²) in [6.07, 6.45) is 3.70. The van der Waals surface area contributed by atoms with Crippen LogP contribution < -0.4 is 10.5 Å². The van der Waals surface area contributed by atoms with Gasteiger partial charge in [-0.05, 0) is 24.6 Å². The first-order chi connectivity index (χ1) is 9.83. The van der Waals surface area contributed by atoms with Gasteiger partial charge in [-0.2, -0.15) is 4.98 Å². The minimum atomic E-state index is 0.579. The van der Waals surface area contributed by atoms with Crippen molar-refractivity contribution < 1.29 is 4.74 Å². The molecule has 104 valence electrons. The average Bonchev–Trinajstić information content (AvgIpc) is 3.03. The molecule has 3 aromatic rings. The molecular weight excluding hydrogens is 270 g/mol. The van der Waals surface area contributed by atoms with Crippen LogP contribution in [-0.2, 0) is 12.8 Å². The fraction of sp³-hybridized carbons (Fsp3) is 0.267. The fourth-order valence-corrected chi connectivity index (χ4v) is 2.98. The molecule has 0 saturated carbocycles. The van der Waals surface area contributed by atoms with E-state index in [9.17, 15) is 0 Å². The van der Waals surface area contributed by atoms with E-state index in [0.717, 1.165) is 29.2 Å². The van der Waals surface area contributed by atoms with Crippen LogP contribution in [0.1, 0.15) is 18.2 Å². The lowest BCUT2D eigenvalue weighted by atomic mass is 10.1. The first-order valence-corrected chi connectivity index (χ1v) is 7.61. The van der Waals surface area contributed by atoms with Gasteiger partial charge in [0.2, 0.25) is 5.88 Å². The molecule has 3 rings (SSSR count). The van der Waals surface area contributed by atoms with Crippen molar-refractivity contribution >= 4 is 16.3 Å². The topological polar surface area (TPSA) is 52.5 Å². The van der Waals surface area contributed by atoms with Crippen LogP contribution in [0.25, 0.3) is 4.96 Å². The highest BCUT2D eigenvalue weighted by Crippen LogP contribution is 2.30. The van der Waals surface area contributed by atoms with Crippen molar-refractivity contribution in [3.8, 4) is 11.6 Å². The Balaban J connectivity index is 2.01. The summed E-state index contributed by atoms with van der Waals surface area (Å²) in [5, 5.41) is 2.02. The van der Waals surface area contributed by atoms with Crippen molar-refractivity contribution in [2.24, 2.45) is 5.73 Å². The second-order valence-corrected chi connectivity index (χ2v) is 5.39. The van der Waals surface area contributed by atoms with Crippen LogP contribution >= 0.6 is 11.3 Å². The van der Waals surface area contributed by atoms with E-state index in [-0.39, 0.29) is 0 Å². The molecule has 0 spiro atoms. The smallest absolute Gasteiger partial charge is 0.242 e. The van der Waals surface area contributed by atoms with Gasteiger partial charge in [-0.15, -0.1) is 11.3 Å². The van der Waals surface area contributed by atoms with Gasteiger partial charge in [-0.1, -0.05) is 25.1 Å². The first-order valence-electron chi connectivity index (χ1n) is 6.73. The Labute approximate surface area is 121 Å². The number of benzene rings is 1. The van der Waals surface area contributed by atoms with E-state index in [1.54, 1.807) is 11.3 Å². The standard InChI is InChI=1S/C15H17N3OS/c1-2-11-5-3-4-6-13(11)19-14-12(7-8-16)18-9-10-20-15(18)17-14/h3-6,9-10H,2,7-8,16H2,1H3. The summed E-state index contributed by atoms with van der Waals surface area (Å²) in [7, 11) is 0. The summed E-state index contributed by atoms with van der Waals surface area (Å²) in [5.74, 6) is 1.54. The Morgan fingerprint density at radius 3 is 3.00 bits per heavy atom. The zero-order valence-corrected chi connectivity index (χ0v) is 12.2. The molecule has 4 nitrogen and oxygen atoms in total. The minimum absolute atomic E-state index is 0.579. The van der Waals surface area contributed by atoms with Crippen LogP contribution in [-0.4, -0.2) is 15.9 Å². The van der Waals surface area contributed by atoms with E-state index in [2.05, 4.69) is 22.4 Å². The van der Waals surface area contributed by atoms with E-state index in [1.165, 1.54) is 5.56 Å². The molecule has 2 aromatic heterocycles. The van der Waals surface area contributed by atoms with Gasteiger partial charge in [-0.3, -0.25) is 4.40 Å². The Morgan fingerprint density at radius 1 is 1.35 bits per heavy atom. The van der Waals surface area contributed by atoms with Crippen molar-refractivity contribution in [2.45, 2.75) is 19.8 Å². The molecule has 0 fully saturated rings. The van der Waals surface area contributed by atoms with Crippen LogP contribution in [0.3, 0.4) is 0 Å². The highest BCUT2D eigenvalue weighted by atomic mass is 32.1. The van der Waals surface area contributed by atoms with Gasteiger partial charge in [-0.25, -0.2) is 0 Å². The maximum Gasteiger partial charge on any atom is 0.242 e. The molecule has 0 unspecified atom stereocenters. The number of fused-ring (bicyclic) bond motifs is 1. The van der Waals surface area contributed by atoms with Crippen molar-refractivity contribution in [1.29, 1.82) is 0 Å². The number of ether oxygens (including phenoxy) is 1. The third kappa shape index (κ3) is 2.30. The SMILES string of the molecule is CCc1ccccc1Oc1nc2sccn2c1CCN. The van der Waals surface area contributed by atoms with Crippen LogP contribution in [0.15, 0.2) is 35.8 Å². The van der Waals surface area contributed by atoms with Crippen molar-refractivity contribution in [1.82, 2.24) is 9.38 Å². The normalized spacial score (nSPS) is 11.1. The molecule has 0 saturated heterocycles.